The molecule has 2 fully saturated rings. The lowest BCUT2D eigenvalue weighted by atomic mass is 9.78. The van der Waals surface area contributed by atoms with Gasteiger partial charge in [0.15, 0.2) is 0 Å². The third-order valence-corrected chi connectivity index (χ3v) is 8.88. The molecule has 0 spiro atoms. The van der Waals surface area contributed by atoms with E-state index in [4.69, 9.17) is 22.6 Å². The van der Waals surface area contributed by atoms with Gasteiger partial charge in [-0.15, -0.1) is 0 Å². The average molecular weight is 549 g/mol. The molecule has 1 aliphatic heterocycles. The Hall–Kier alpha value is -1.26. The molecule has 1 heterocycles. The van der Waals surface area contributed by atoms with Crippen molar-refractivity contribution in [2.24, 2.45) is 5.41 Å². The molecule has 1 N–H and O–H groups in total. The highest BCUT2D eigenvalue weighted by molar-refractivity contribution is 7.42. The highest BCUT2D eigenvalue weighted by Gasteiger charge is 2.39. The summed E-state index contributed by atoms with van der Waals surface area (Å²) in [7, 11) is -1.69. The lowest BCUT2D eigenvalue weighted by Crippen LogP contribution is -2.42. The van der Waals surface area contributed by atoms with Crippen LogP contribution in [0.3, 0.4) is 0 Å². The number of unbranched alkanes of at least 4 members (excludes halogenated alkanes) is 1. The van der Waals surface area contributed by atoms with E-state index in [-0.39, 0.29) is 15.6 Å². The van der Waals surface area contributed by atoms with Gasteiger partial charge in [0.25, 0.3) is 0 Å². The van der Waals surface area contributed by atoms with Crippen LogP contribution >= 0.6 is 17.6 Å². The molecule has 1 aliphatic carbocycles. The first-order valence-electron chi connectivity index (χ1n) is 13.4. The molecule has 0 radical (unpaired) electrons. The molecule has 37 heavy (non-hydrogen) atoms. The predicted octanol–water partition coefficient (Wildman–Crippen LogP) is 7.77. The van der Waals surface area contributed by atoms with Crippen LogP contribution in [0.15, 0.2) is 24.3 Å². The fourth-order valence-corrected chi connectivity index (χ4v) is 7.07. The second-order valence-corrected chi connectivity index (χ2v) is 12.6. The summed E-state index contributed by atoms with van der Waals surface area (Å²) in [5.41, 5.74) is 6.60. The largest absolute Gasteiger partial charge is 0.449 e. The summed E-state index contributed by atoms with van der Waals surface area (Å²) < 4.78 is 30.3. The van der Waals surface area contributed by atoms with Gasteiger partial charge in [-0.2, -0.15) is 0 Å². The molecule has 0 amide bonds. The number of hydrogen-bond donors (Lipinski definition) is 1. The van der Waals surface area contributed by atoms with Gasteiger partial charge in [-0.25, -0.2) is 0 Å². The third kappa shape index (κ3) is 7.24. The van der Waals surface area contributed by atoms with Crippen molar-refractivity contribution < 1.29 is 27.7 Å². The number of hydrogen-bond acceptors (Lipinski definition) is 6. The first kappa shape index (κ1) is 28.7. The maximum Gasteiger partial charge on any atom is 0.397 e. The van der Waals surface area contributed by atoms with Crippen molar-refractivity contribution in [2.75, 3.05) is 26.4 Å². The molecule has 2 aromatic carbocycles. The molecule has 6 nitrogen and oxygen atoms in total. The number of rotatable bonds is 12. The van der Waals surface area contributed by atoms with E-state index in [0.717, 1.165) is 41.9 Å². The zero-order chi connectivity index (χ0) is 26.4. The van der Waals surface area contributed by atoms with Gasteiger partial charge in [0.05, 0.1) is 31.8 Å². The zero-order valence-corrected chi connectivity index (χ0v) is 24.8. The topological polar surface area (TPSA) is 66.4 Å². The van der Waals surface area contributed by atoms with Crippen molar-refractivity contribution in [1.29, 1.82) is 0 Å². The normalized spacial score (nSPS) is 22.4. The monoisotopic (exact) mass is 548 g/mol. The average Bonchev–Trinajstić information content (AvgIpc) is 2.83. The van der Waals surface area contributed by atoms with Crippen molar-refractivity contribution in [3.8, 4) is 11.5 Å². The molecular formula is C29H42O6P2. The van der Waals surface area contributed by atoms with Crippen LogP contribution in [-0.2, 0) is 20.0 Å². The molecule has 1 saturated heterocycles. The number of aliphatic hydroxyl groups is 1. The van der Waals surface area contributed by atoms with E-state index >= 15 is 0 Å². The lowest BCUT2D eigenvalue weighted by Gasteiger charge is -2.37. The Morgan fingerprint density at radius 2 is 1.68 bits per heavy atom. The highest BCUT2D eigenvalue weighted by Crippen LogP contribution is 2.49. The SMILES string of the molecule is CCCCc1cc(C)cc(C)c1OP1OCC(CO)(COPOc2c(C)cc(C)cc2C2CCC2)CO1. The van der Waals surface area contributed by atoms with Crippen molar-refractivity contribution in [1.82, 2.24) is 0 Å². The Bertz CT molecular complexity index is 1050. The Morgan fingerprint density at radius 3 is 2.30 bits per heavy atom. The predicted molar refractivity (Wildman–Crippen MR) is 151 cm³/mol. The molecule has 1 unspecified atom stereocenters. The Morgan fingerprint density at radius 1 is 1.00 bits per heavy atom. The van der Waals surface area contributed by atoms with E-state index < -0.39 is 14.0 Å². The summed E-state index contributed by atoms with van der Waals surface area (Å²) >= 11 is 0. The van der Waals surface area contributed by atoms with Gasteiger partial charge >= 0.3 is 8.60 Å². The standard InChI is InChI=1S/C29H42O6P2/c1-6-7-9-25-14-20(2)12-22(4)27(25)35-37-32-18-29(16-30,19-33-37)17-31-36-34-28-23(5)13-21(3)15-26(28)24-10-8-11-24/h12-15,24,30,36H,6-11,16-19H2,1-5H3. The van der Waals surface area contributed by atoms with Crippen molar-refractivity contribution in [3.63, 3.8) is 0 Å². The van der Waals surface area contributed by atoms with E-state index in [1.54, 1.807) is 0 Å². The fourth-order valence-electron chi connectivity index (χ4n) is 4.93. The first-order valence-corrected chi connectivity index (χ1v) is 15.3. The van der Waals surface area contributed by atoms with Crippen molar-refractivity contribution >= 4 is 17.6 Å². The van der Waals surface area contributed by atoms with Gasteiger partial charge in [0.2, 0.25) is 9.03 Å². The van der Waals surface area contributed by atoms with Crippen LogP contribution in [0, 0.1) is 33.1 Å². The minimum absolute atomic E-state index is 0.0944. The molecule has 2 aliphatic rings. The smallest absolute Gasteiger partial charge is 0.397 e. The molecular weight excluding hydrogens is 506 g/mol. The summed E-state index contributed by atoms with van der Waals surface area (Å²) in [5.74, 6) is 2.40. The molecule has 1 atom stereocenters. The molecule has 2 aromatic rings. The highest BCUT2D eigenvalue weighted by atomic mass is 31.2. The maximum absolute atomic E-state index is 10.2. The second-order valence-electron chi connectivity index (χ2n) is 10.8. The van der Waals surface area contributed by atoms with E-state index in [1.165, 1.54) is 41.5 Å². The molecule has 204 valence electrons. The van der Waals surface area contributed by atoms with Crippen LogP contribution in [0.1, 0.15) is 78.3 Å². The van der Waals surface area contributed by atoms with Crippen molar-refractivity contribution in [3.05, 3.63) is 57.6 Å². The summed E-state index contributed by atoms with van der Waals surface area (Å²) in [6.45, 7) is 11.4. The number of aryl methyl sites for hydroxylation is 5. The molecule has 0 aromatic heterocycles. The summed E-state index contributed by atoms with van der Waals surface area (Å²) in [4.78, 5) is 0. The molecule has 4 rings (SSSR count). The van der Waals surface area contributed by atoms with Crippen LogP contribution in [0.5, 0.6) is 11.5 Å². The van der Waals surface area contributed by atoms with E-state index in [1.807, 2.05) is 0 Å². The minimum atomic E-state index is -1.53. The van der Waals surface area contributed by atoms with Gasteiger partial charge < -0.3 is 27.7 Å². The van der Waals surface area contributed by atoms with Gasteiger partial charge in [-0.05, 0) is 81.5 Å². The maximum atomic E-state index is 10.2. The molecule has 1 saturated carbocycles. The Balaban J connectivity index is 1.31. The van der Waals surface area contributed by atoms with Crippen LogP contribution in [-0.4, -0.2) is 31.5 Å². The van der Waals surface area contributed by atoms with Gasteiger partial charge in [0.1, 0.15) is 11.5 Å². The van der Waals surface area contributed by atoms with E-state index in [2.05, 4.69) is 58.9 Å². The minimum Gasteiger partial charge on any atom is -0.449 e. The van der Waals surface area contributed by atoms with Crippen LogP contribution in [0.25, 0.3) is 0 Å². The van der Waals surface area contributed by atoms with E-state index in [0.29, 0.717) is 25.7 Å². The molecule has 0 bridgehead atoms. The van der Waals surface area contributed by atoms with Crippen LogP contribution in [0.2, 0.25) is 0 Å². The Kier molecular flexibility index (Phi) is 10.3. The fraction of sp³-hybridized carbons (Fsp3) is 0.586. The van der Waals surface area contributed by atoms with Gasteiger partial charge in [-0.3, -0.25) is 0 Å². The quantitative estimate of drug-likeness (QED) is 0.216. The second kappa shape index (κ2) is 13.2. The summed E-state index contributed by atoms with van der Waals surface area (Å²) in [6.07, 6.45) is 6.93. The third-order valence-electron chi connectivity index (χ3n) is 7.32. The first-order chi connectivity index (χ1) is 17.8. The molecule has 8 heteroatoms. The zero-order valence-electron chi connectivity index (χ0n) is 22.9. The lowest BCUT2D eigenvalue weighted by molar-refractivity contribution is -0.0441. The number of aliphatic hydroxyl groups excluding tert-OH is 1. The van der Waals surface area contributed by atoms with Crippen LogP contribution in [0.4, 0.5) is 0 Å². The summed E-state index contributed by atoms with van der Waals surface area (Å²) in [6, 6.07) is 8.73. The van der Waals surface area contributed by atoms with Gasteiger partial charge in [-0.1, -0.05) is 55.2 Å². The van der Waals surface area contributed by atoms with Gasteiger partial charge in [0, 0.05) is 0 Å². The Labute approximate surface area is 225 Å². The van der Waals surface area contributed by atoms with Crippen LogP contribution < -0.4 is 9.05 Å². The van der Waals surface area contributed by atoms with E-state index in [9.17, 15) is 5.11 Å². The number of benzene rings is 2. The summed E-state index contributed by atoms with van der Waals surface area (Å²) in [5, 5.41) is 10.2. The van der Waals surface area contributed by atoms with Crippen molar-refractivity contribution in [2.45, 2.75) is 79.1 Å².